The van der Waals surface area contributed by atoms with E-state index >= 15 is 0 Å². The summed E-state index contributed by atoms with van der Waals surface area (Å²) < 4.78 is 0. The number of halogens is 1. The number of benzene rings is 2. The van der Waals surface area contributed by atoms with Gasteiger partial charge in [-0.3, -0.25) is 0 Å². The number of hydrogen-bond donors (Lipinski definition) is 1. The maximum absolute atomic E-state index is 6.04. The van der Waals surface area contributed by atoms with E-state index in [0.29, 0.717) is 0 Å². The van der Waals surface area contributed by atoms with Gasteiger partial charge >= 0.3 is 0 Å². The Morgan fingerprint density at radius 1 is 1.00 bits per heavy atom. The summed E-state index contributed by atoms with van der Waals surface area (Å²) in [5.41, 5.74) is 4.92. The Morgan fingerprint density at radius 3 is 2.44 bits per heavy atom. The zero-order chi connectivity index (χ0) is 13.1. The molecule has 0 fully saturated rings. The van der Waals surface area contributed by atoms with Crippen molar-refractivity contribution in [3.63, 3.8) is 0 Å². The molecule has 0 radical (unpaired) electrons. The van der Waals surface area contributed by atoms with Crippen molar-refractivity contribution in [2.45, 2.75) is 26.8 Å². The zero-order valence-electron chi connectivity index (χ0n) is 11.0. The van der Waals surface area contributed by atoms with Gasteiger partial charge in [0.05, 0.1) is 0 Å². The summed E-state index contributed by atoms with van der Waals surface area (Å²) in [6.07, 6.45) is 0. The summed E-state index contributed by atoms with van der Waals surface area (Å²) in [6, 6.07) is 14.6. The first-order chi connectivity index (χ1) is 8.58. The van der Waals surface area contributed by atoms with E-state index in [4.69, 9.17) is 11.6 Å². The normalized spacial score (nSPS) is 12.2. The Labute approximate surface area is 114 Å². The van der Waals surface area contributed by atoms with Gasteiger partial charge in [0.1, 0.15) is 0 Å². The van der Waals surface area contributed by atoms with Gasteiger partial charge in [-0.15, -0.1) is 0 Å². The highest BCUT2D eigenvalue weighted by Crippen LogP contribution is 2.26. The zero-order valence-corrected chi connectivity index (χ0v) is 11.8. The molecule has 0 saturated heterocycles. The van der Waals surface area contributed by atoms with E-state index in [1.54, 1.807) is 0 Å². The molecule has 1 nitrogen and oxygen atoms in total. The van der Waals surface area contributed by atoms with Crippen molar-refractivity contribution >= 4 is 17.3 Å². The first-order valence-corrected chi connectivity index (χ1v) is 6.54. The first-order valence-electron chi connectivity index (χ1n) is 6.16. The van der Waals surface area contributed by atoms with Crippen LogP contribution >= 0.6 is 11.6 Å². The Balaban J connectivity index is 2.24. The highest BCUT2D eigenvalue weighted by molar-refractivity contribution is 6.30. The molecule has 0 aromatic heterocycles. The molecule has 2 aromatic rings. The highest BCUT2D eigenvalue weighted by atomic mass is 35.5. The topological polar surface area (TPSA) is 12.0 Å². The molecule has 1 unspecified atom stereocenters. The number of hydrogen-bond acceptors (Lipinski definition) is 1. The maximum atomic E-state index is 6.04. The molecule has 1 N–H and O–H groups in total. The fourth-order valence-corrected chi connectivity index (χ4v) is 2.31. The van der Waals surface area contributed by atoms with Gasteiger partial charge in [-0.05, 0) is 49.6 Å². The molecular formula is C16H18ClN. The minimum absolute atomic E-state index is 0.267. The molecule has 2 heteroatoms. The molecule has 0 heterocycles. The number of nitrogens with one attached hydrogen (secondary N) is 1. The third-order valence-corrected chi connectivity index (χ3v) is 3.46. The smallest absolute Gasteiger partial charge is 0.0488 e. The van der Waals surface area contributed by atoms with Gasteiger partial charge in [-0.1, -0.05) is 41.9 Å². The molecule has 0 aliphatic carbocycles. The van der Waals surface area contributed by atoms with Crippen molar-refractivity contribution < 1.29 is 0 Å². The van der Waals surface area contributed by atoms with Gasteiger partial charge in [0, 0.05) is 16.8 Å². The Morgan fingerprint density at radius 2 is 1.72 bits per heavy atom. The summed E-state index contributed by atoms with van der Waals surface area (Å²) in [5.74, 6) is 0. The third-order valence-electron chi connectivity index (χ3n) is 3.23. The van der Waals surface area contributed by atoms with Crippen LogP contribution in [0.1, 0.15) is 29.7 Å². The van der Waals surface area contributed by atoms with Crippen LogP contribution in [0.3, 0.4) is 0 Å². The first kappa shape index (κ1) is 13.0. The molecule has 0 aliphatic rings. The van der Waals surface area contributed by atoms with Gasteiger partial charge in [0.2, 0.25) is 0 Å². The summed E-state index contributed by atoms with van der Waals surface area (Å²) in [7, 11) is 0. The highest BCUT2D eigenvalue weighted by Gasteiger charge is 2.09. The largest absolute Gasteiger partial charge is 0.378 e. The third kappa shape index (κ3) is 2.85. The summed E-state index contributed by atoms with van der Waals surface area (Å²) in [5, 5.41) is 4.29. The Bertz CT molecular complexity index is 549. The number of aryl methyl sites for hydroxylation is 2. The summed E-state index contributed by atoms with van der Waals surface area (Å²) in [6.45, 7) is 6.39. The molecule has 2 rings (SSSR count). The second-order valence-corrected chi connectivity index (χ2v) is 5.12. The van der Waals surface area contributed by atoms with Crippen LogP contribution in [0.2, 0.25) is 5.02 Å². The van der Waals surface area contributed by atoms with Gasteiger partial charge in [0.25, 0.3) is 0 Å². The molecule has 0 spiro atoms. The Hall–Kier alpha value is -1.47. The second kappa shape index (κ2) is 5.45. The predicted molar refractivity (Wildman–Crippen MR) is 79.4 cm³/mol. The van der Waals surface area contributed by atoms with Crippen molar-refractivity contribution in [1.29, 1.82) is 0 Å². The minimum atomic E-state index is 0.267. The van der Waals surface area contributed by atoms with Crippen molar-refractivity contribution in [3.8, 4) is 0 Å². The molecule has 0 saturated carbocycles. The lowest BCUT2D eigenvalue weighted by Gasteiger charge is -2.19. The molecule has 0 bridgehead atoms. The lowest BCUT2D eigenvalue weighted by molar-refractivity contribution is 0.872. The van der Waals surface area contributed by atoms with E-state index in [0.717, 1.165) is 10.7 Å². The average Bonchev–Trinajstić information content (AvgIpc) is 2.34. The van der Waals surface area contributed by atoms with E-state index in [-0.39, 0.29) is 6.04 Å². The maximum Gasteiger partial charge on any atom is 0.0488 e. The van der Waals surface area contributed by atoms with Gasteiger partial charge in [0.15, 0.2) is 0 Å². The van der Waals surface area contributed by atoms with Crippen LogP contribution in [-0.2, 0) is 0 Å². The fourth-order valence-electron chi connectivity index (χ4n) is 2.13. The molecule has 0 amide bonds. The summed E-state index contributed by atoms with van der Waals surface area (Å²) >= 11 is 6.04. The SMILES string of the molecule is Cc1ccc(Cl)cc1NC(C)c1ccccc1C. The van der Waals surface area contributed by atoms with Crippen LogP contribution in [0, 0.1) is 13.8 Å². The molecule has 2 aromatic carbocycles. The van der Waals surface area contributed by atoms with Crippen molar-refractivity contribution in [1.82, 2.24) is 0 Å². The van der Waals surface area contributed by atoms with Crippen LogP contribution in [0.5, 0.6) is 0 Å². The van der Waals surface area contributed by atoms with Gasteiger partial charge in [-0.2, -0.15) is 0 Å². The molecule has 94 valence electrons. The predicted octanol–water partition coefficient (Wildman–Crippen LogP) is 5.13. The average molecular weight is 260 g/mol. The lowest BCUT2D eigenvalue weighted by atomic mass is 10.0. The Kier molecular flexibility index (Phi) is 3.93. The molecular weight excluding hydrogens is 242 g/mol. The van der Waals surface area contributed by atoms with Crippen LogP contribution in [-0.4, -0.2) is 0 Å². The number of rotatable bonds is 3. The monoisotopic (exact) mass is 259 g/mol. The van der Waals surface area contributed by atoms with E-state index in [1.165, 1.54) is 16.7 Å². The van der Waals surface area contributed by atoms with Crippen molar-refractivity contribution in [2.75, 3.05) is 5.32 Å². The van der Waals surface area contributed by atoms with Crippen LogP contribution < -0.4 is 5.32 Å². The minimum Gasteiger partial charge on any atom is -0.378 e. The second-order valence-electron chi connectivity index (χ2n) is 4.68. The molecule has 1 atom stereocenters. The number of anilines is 1. The van der Waals surface area contributed by atoms with Crippen LogP contribution in [0.25, 0.3) is 0 Å². The van der Waals surface area contributed by atoms with Crippen LogP contribution in [0.15, 0.2) is 42.5 Å². The van der Waals surface area contributed by atoms with E-state index in [9.17, 15) is 0 Å². The van der Waals surface area contributed by atoms with Crippen LogP contribution in [0.4, 0.5) is 5.69 Å². The fraction of sp³-hybridized carbons (Fsp3) is 0.250. The van der Waals surface area contributed by atoms with E-state index < -0.39 is 0 Å². The van der Waals surface area contributed by atoms with Gasteiger partial charge < -0.3 is 5.32 Å². The van der Waals surface area contributed by atoms with Gasteiger partial charge in [-0.25, -0.2) is 0 Å². The van der Waals surface area contributed by atoms with E-state index in [2.05, 4.69) is 50.4 Å². The van der Waals surface area contributed by atoms with Crippen molar-refractivity contribution in [3.05, 3.63) is 64.2 Å². The summed E-state index contributed by atoms with van der Waals surface area (Å²) in [4.78, 5) is 0. The standard InChI is InChI=1S/C16H18ClN/c1-11-6-4-5-7-15(11)13(3)18-16-10-14(17)9-8-12(16)2/h4-10,13,18H,1-3H3. The van der Waals surface area contributed by atoms with Crippen molar-refractivity contribution in [2.24, 2.45) is 0 Å². The molecule has 18 heavy (non-hydrogen) atoms. The quantitative estimate of drug-likeness (QED) is 0.806. The molecule has 0 aliphatic heterocycles. The van der Waals surface area contributed by atoms with E-state index in [1.807, 2.05) is 18.2 Å². The lowest BCUT2D eigenvalue weighted by Crippen LogP contribution is -2.09.